The first-order valence-electron chi connectivity index (χ1n) is 7.97. The van der Waals surface area contributed by atoms with Gasteiger partial charge in [0.2, 0.25) is 0 Å². The highest BCUT2D eigenvalue weighted by atomic mass is 16.2. The van der Waals surface area contributed by atoms with Crippen molar-refractivity contribution in [3.63, 3.8) is 0 Å². The van der Waals surface area contributed by atoms with Crippen molar-refractivity contribution >= 4 is 5.91 Å². The van der Waals surface area contributed by atoms with E-state index in [1.807, 2.05) is 18.9 Å². The predicted octanol–water partition coefficient (Wildman–Crippen LogP) is 2.82. The molecule has 2 aromatic rings. The summed E-state index contributed by atoms with van der Waals surface area (Å²) in [6.07, 6.45) is 4.97. The molecule has 4 heteroatoms. The predicted molar refractivity (Wildman–Crippen MR) is 86.7 cm³/mol. The largest absolute Gasteiger partial charge is 0.339 e. The van der Waals surface area contributed by atoms with Crippen LogP contribution in [0.5, 0.6) is 0 Å². The quantitative estimate of drug-likeness (QED) is 0.873. The molecule has 1 aliphatic heterocycles. The van der Waals surface area contributed by atoms with Crippen LogP contribution in [-0.2, 0) is 13.5 Å². The number of likely N-dealkylation sites (tertiary alicyclic amines) is 1. The number of aromatic nitrogens is 2. The number of carbonyl (C=O) groups excluding carboxylic acids is 1. The molecule has 0 saturated carbocycles. The lowest BCUT2D eigenvalue weighted by molar-refractivity contribution is 0.0689. The Morgan fingerprint density at radius 1 is 1.23 bits per heavy atom. The molecule has 0 radical (unpaired) electrons. The van der Waals surface area contributed by atoms with Gasteiger partial charge in [0.05, 0.1) is 11.8 Å². The van der Waals surface area contributed by atoms with Crippen molar-refractivity contribution < 1.29 is 4.79 Å². The van der Waals surface area contributed by atoms with E-state index in [9.17, 15) is 4.79 Å². The zero-order valence-corrected chi connectivity index (χ0v) is 13.3. The first-order valence-corrected chi connectivity index (χ1v) is 7.97. The Bertz CT molecular complexity index is 640. The van der Waals surface area contributed by atoms with Gasteiger partial charge in [0.1, 0.15) is 0 Å². The summed E-state index contributed by atoms with van der Waals surface area (Å²) < 4.78 is 1.76. The van der Waals surface area contributed by atoms with Gasteiger partial charge in [-0.2, -0.15) is 5.10 Å². The molecule has 1 saturated heterocycles. The van der Waals surface area contributed by atoms with E-state index < -0.39 is 0 Å². The standard InChI is InChI=1S/C18H23N3O/c1-14-17(13-19-20(14)2)18(22)21-10-8-16(9-11-21)12-15-6-4-3-5-7-15/h3-7,13,16H,8-12H2,1-2H3. The van der Waals surface area contributed by atoms with Crippen LogP contribution in [0.3, 0.4) is 0 Å². The molecule has 1 aromatic heterocycles. The lowest BCUT2D eigenvalue weighted by Crippen LogP contribution is -2.39. The summed E-state index contributed by atoms with van der Waals surface area (Å²) in [5, 5.41) is 4.17. The van der Waals surface area contributed by atoms with Crippen LogP contribution in [-0.4, -0.2) is 33.7 Å². The molecule has 1 amide bonds. The topological polar surface area (TPSA) is 38.1 Å². The summed E-state index contributed by atoms with van der Waals surface area (Å²) in [5.41, 5.74) is 3.08. The smallest absolute Gasteiger partial charge is 0.257 e. The number of aryl methyl sites for hydroxylation is 1. The highest BCUT2D eigenvalue weighted by Gasteiger charge is 2.25. The van der Waals surface area contributed by atoms with Crippen LogP contribution in [0.1, 0.15) is 34.5 Å². The number of hydrogen-bond acceptors (Lipinski definition) is 2. The van der Waals surface area contributed by atoms with Crippen LogP contribution < -0.4 is 0 Å². The molecule has 116 valence electrons. The molecule has 1 fully saturated rings. The molecule has 22 heavy (non-hydrogen) atoms. The molecule has 1 aromatic carbocycles. The number of hydrogen-bond donors (Lipinski definition) is 0. The van der Waals surface area contributed by atoms with Crippen LogP contribution in [0.2, 0.25) is 0 Å². The third-order valence-electron chi connectivity index (χ3n) is 4.73. The molecule has 0 spiro atoms. The van der Waals surface area contributed by atoms with Crippen molar-refractivity contribution in [2.45, 2.75) is 26.2 Å². The van der Waals surface area contributed by atoms with E-state index in [2.05, 4.69) is 35.4 Å². The average Bonchev–Trinajstić information content (AvgIpc) is 2.88. The second kappa shape index (κ2) is 6.34. The van der Waals surface area contributed by atoms with Crippen molar-refractivity contribution in [2.24, 2.45) is 13.0 Å². The van der Waals surface area contributed by atoms with Gasteiger partial charge in [-0.25, -0.2) is 0 Å². The lowest BCUT2D eigenvalue weighted by atomic mass is 9.90. The third-order valence-corrected chi connectivity index (χ3v) is 4.73. The molecular formula is C18H23N3O. The van der Waals surface area contributed by atoms with Crippen molar-refractivity contribution in [1.29, 1.82) is 0 Å². The summed E-state index contributed by atoms with van der Waals surface area (Å²) in [5.74, 6) is 0.810. The molecule has 0 aliphatic carbocycles. The Morgan fingerprint density at radius 3 is 2.50 bits per heavy atom. The van der Waals surface area contributed by atoms with Crippen LogP contribution in [0, 0.1) is 12.8 Å². The van der Waals surface area contributed by atoms with Crippen molar-refractivity contribution in [3.8, 4) is 0 Å². The fourth-order valence-corrected chi connectivity index (χ4v) is 3.17. The lowest BCUT2D eigenvalue weighted by Gasteiger charge is -2.32. The Labute approximate surface area is 131 Å². The van der Waals surface area contributed by atoms with Crippen molar-refractivity contribution in [1.82, 2.24) is 14.7 Å². The van der Waals surface area contributed by atoms with Gasteiger partial charge in [0.15, 0.2) is 0 Å². The normalized spacial score (nSPS) is 16.0. The van der Waals surface area contributed by atoms with Crippen molar-refractivity contribution in [2.75, 3.05) is 13.1 Å². The van der Waals surface area contributed by atoms with E-state index in [4.69, 9.17) is 0 Å². The molecule has 0 bridgehead atoms. The highest BCUT2D eigenvalue weighted by Crippen LogP contribution is 2.23. The van der Waals surface area contributed by atoms with Crippen molar-refractivity contribution in [3.05, 3.63) is 53.3 Å². The summed E-state index contributed by atoms with van der Waals surface area (Å²) in [7, 11) is 1.87. The van der Waals surface area contributed by atoms with Gasteiger partial charge < -0.3 is 4.90 Å². The number of rotatable bonds is 3. The molecule has 2 heterocycles. The maximum atomic E-state index is 12.6. The van der Waals surface area contributed by atoms with E-state index in [0.29, 0.717) is 5.92 Å². The van der Waals surface area contributed by atoms with Gasteiger partial charge in [-0.15, -0.1) is 0 Å². The Morgan fingerprint density at radius 2 is 1.91 bits per heavy atom. The van der Waals surface area contributed by atoms with Crippen LogP contribution >= 0.6 is 0 Å². The molecule has 0 unspecified atom stereocenters. The van der Waals surface area contributed by atoms with Gasteiger partial charge in [-0.1, -0.05) is 30.3 Å². The SMILES string of the molecule is Cc1c(C(=O)N2CCC(Cc3ccccc3)CC2)cnn1C. The zero-order chi connectivity index (χ0) is 15.5. The minimum atomic E-state index is 0.128. The number of piperidine rings is 1. The second-order valence-electron chi connectivity index (χ2n) is 6.19. The van der Waals surface area contributed by atoms with E-state index in [1.54, 1.807) is 10.9 Å². The first kappa shape index (κ1) is 14.8. The fraction of sp³-hybridized carbons (Fsp3) is 0.444. The Kier molecular flexibility index (Phi) is 4.27. The molecule has 0 atom stereocenters. The van der Waals surface area contributed by atoms with Crippen LogP contribution in [0.4, 0.5) is 0 Å². The van der Waals surface area contributed by atoms with E-state index in [-0.39, 0.29) is 5.91 Å². The van der Waals surface area contributed by atoms with Gasteiger partial charge >= 0.3 is 0 Å². The van der Waals surface area contributed by atoms with Crippen LogP contribution in [0.15, 0.2) is 36.5 Å². The third kappa shape index (κ3) is 3.06. The van der Waals surface area contributed by atoms with E-state index in [1.165, 1.54) is 5.56 Å². The molecule has 0 N–H and O–H groups in total. The number of amides is 1. The van der Waals surface area contributed by atoms with Crippen LogP contribution in [0.25, 0.3) is 0 Å². The Hall–Kier alpha value is -2.10. The second-order valence-corrected chi connectivity index (χ2v) is 6.19. The summed E-state index contributed by atoms with van der Waals surface area (Å²) >= 11 is 0. The van der Waals surface area contributed by atoms with Gasteiger partial charge in [0, 0.05) is 25.8 Å². The number of carbonyl (C=O) groups is 1. The van der Waals surface area contributed by atoms with E-state index in [0.717, 1.165) is 43.6 Å². The summed E-state index contributed by atoms with van der Waals surface area (Å²) in [6.45, 7) is 3.65. The Balaban J connectivity index is 1.57. The summed E-state index contributed by atoms with van der Waals surface area (Å²) in [4.78, 5) is 14.5. The summed E-state index contributed by atoms with van der Waals surface area (Å²) in [6, 6.07) is 10.6. The molecule has 3 rings (SSSR count). The van der Waals surface area contributed by atoms with E-state index >= 15 is 0 Å². The molecular weight excluding hydrogens is 274 g/mol. The fourth-order valence-electron chi connectivity index (χ4n) is 3.17. The maximum Gasteiger partial charge on any atom is 0.257 e. The number of benzene rings is 1. The van der Waals surface area contributed by atoms with Gasteiger partial charge in [-0.3, -0.25) is 9.48 Å². The zero-order valence-electron chi connectivity index (χ0n) is 13.3. The molecule has 1 aliphatic rings. The highest BCUT2D eigenvalue weighted by molar-refractivity contribution is 5.95. The van der Waals surface area contributed by atoms with Gasteiger partial charge in [-0.05, 0) is 37.7 Å². The number of nitrogens with zero attached hydrogens (tertiary/aromatic N) is 3. The van der Waals surface area contributed by atoms with Gasteiger partial charge in [0.25, 0.3) is 5.91 Å². The maximum absolute atomic E-state index is 12.6. The molecule has 4 nitrogen and oxygen atoms in total. The average molecular weight is 297 g/mol. The minimum absolute atomic E-state index is 0.128. The minimum Gasteiger partial charge on any atom is -0.339 e. The monoisotopic (exact) mass is 297 g/mol. The first-order chi connectivity index (χ1) is 10.6.